The quantitative estimate of drug-likeness (QED) is 0.905. The second-order valence-electron chi connectivity index (χ2n) is 5.58. The summed E-state index contributed by atoms with van der Waals surface area (Å²) in [5.74, 6) is 3.71. The van der Waals surface area contributed by atoms with Gasteiger partial charge in [-0.2, -0.15) is 11.8 Å². The van der Waals surface area contributed by atoms with Crippen molar-refractivity contribution in [3.05, 3.63) is 11.9 Å². The molecule has 3 nitrogen and oxygen atoms in total. The first-order chi connectivity index (χ1) is 8.83. The fourth-order valence-corrected chi connectivity index (χ4v) is 4.21. The fraction of sp³-hybridized carbons (Fsp3) is 0.786. The highest BCUT2D eigenvalue weighted by Gasteiger charge is 2.22. The molecule has 0 bridgehead atoms. The minimum absolute atomic E-state index is 0.633. The van der Waals surface area contributed by atoms with Crippen LogP contribution in [0.4, 0.5) is 5.95 Å². The zero-order valence-corrected chi connectivity index (χ0v) is 12.0. The Balaban J connectivity index is 1.73. The molecule has 0 atom stereocenters. The van der Waals surface area contributed by atoms with Gasteiger partial charge < -0.3 is 9.88 Å². The molecule has 1 aliphatic carbocycles. The molecule has 0 aromatic carbocycles. The summed E-state index contributed by atoms with van der Waals surface area (Å²) >= 11 is 2.08. The van der Waals surface area contributed by atoms with Crippen molar-refractivity contribution in [3.8, 4) is 0 Å². The summed E-state index contributed by atoms with van der Waals surface area (Å²) in [6, 6.07) is 1.32. The molecule has 0 radical (unpaired) electrons. The van der Waals surface area contributed by atoms with E-state index >= 15 is 0 Å². The van der Waals surface area contributed by atoms with Gasteiger partial charge in [-0.05, 0) is 44.1 Å². The second-order valence-corrected chi connectivity index (χ2v) is 6.81. The summed E-state index contributed by atoms with van der Waals surface area (Å²) < 4.78 is 2.41. The van der Waals surface area contributed by atoms with Crippen LogP contribution in [0.25, 0.3) is 0 Å². The molecule has 1 aromatic heterocycles. The molecule has 4 heteroatoms. The Morgan fingerprint density at radius 1 is 1.22 bits per heavy atom. The zero-order valence-electron chi connectivity index (χ0n) is 11.2. The predicted octanol–water partition coefficient (Wildman–Crippen LogP) is 3.61. The minimum Gasteiger partial charge on any atom is -0.353 e. The van der Waals surface area contributed by atoms with Crippen LogP contribution in [-0.2, 0) is 0 Å². The van der Waals surface area contributed by atoms with E-state index < -0.39 is 0 Å². The van der Waals surface area contributed by atoms with Gasteiger partial charge in [-0.1, -0.05) is 12.8 Å². The number of rotatable bonds is 3. The van der Waals surface area contributed by atoms with Crippen molar-refractivity contribution < 1.29 is 0 Å². The third kappa shape index (κ3) is 2.68. The van der Waals surface area contributed by atoms with Crippen molar-refractivity contribution in [1.82, 2.24) is 9.55 Å². The molecule has 0 unspecified atom stereocenters. The Morgan fingerprint density at radius 2 is 1.94 bits per heavy atom. The Hall–Kier alpha value is -0.640. The van der Waals surface area contributed by atoms with Crippen molar-refractivity contribution in [3.63, 3.8) is 0 Å². The monoisotopic (exact) mass is 265 g/mol. The highest BCUT2D eigenvalue weighted by Crippen LogP contribution is 2.32. The van der Waals surface area contributed by atoms with E-state index in [1.165, 1.54) is 50.0 Å². The molecule has 3 rings (SSSR count). The third-order valence-electron chi connectivity index (χ3n) is 4.13. The number of nitrogens with zero attached hydrogens (tertiary/aromatic N) is 2. The lowest BCUT2D eigenvalue weighted by Crippen LogP contribution is -2.26. The van der Waals surface area contributed by atoms with E-state index in [1.807, 2.05) is 0 Å². The molecule has 0 amide bonds. The Kier molecular flexibility index (Phi) is 3.83. The van der Waals surface area contributed by atoms with Crippen LogP contribution in [0.1, 0.15) is 50.3 Å². The molecule has 100 valence electrons. The Morgan fingerprint density at radius 3 is 2.67 bits per heavy atom. The SMILES string of the molecule is Cc1cn(C2CCCC2)c(NC2CCSCC2)n1. The summed E-state index contributed by atoms with van der Waals surface area (Å²) in [5, 5.41) is 3.69. The number of nitrogens with one attached hydrogen (secondary N) is 1. The summed E-state index contributed by atoms with van der Waals surface area (Å²) in [6.45, 7) is 2.10. The average molecular weight is 265 g/mol. The van der Waals surface area contributed by atoms with E-state index in [0.29, 0.717) is 12.1 Å². The van der Waals surface area contributed by atoms with Crippen LogP contribution >= 0.6 is 11.8 Å². The smallest absolute Gasteiger partial charge is 0.203 e. The van der Waals surface area contributed by atoms with E-state index in [9.17, 15) is 0 Å². The predicted molar refractivity (Wildman–Crippen MR) is 78.4 cm³/mol. The van der Waals surface area contributed by atoms with E-state index in [1.54, 1.807) is 0 Å². The van der Waals surface area contributed by atoms with Gasteiger partial charge in [0.05, 0.1) is 5.69 Å². The molecular formula is C14H23N3S. The van der Waals surface area contributed by atoms with Crippen LogP contribution in [0, 0.1) is 6.92 Å². The number of anilines is 1. The lowest BCUT2D eigenvalue weighted by atomic mass is 10.1. The fourth-order valence-electron chi connectivity index (χ4n) is 3.11. The number of hydrogen-bond donors (Lipinski definition) is 1. The second kappa shape index (κ2) is 5.55. The maximum absolute atomic E-state index is 4.69. The van der Waals surface area contributed by atoms with E-state index in [-0.39, 0.29) is 0 Å². The number of aryl methyl sites for hydroxylation is 1. The van der Waals surface area contributed by atoms with Crippen LogP contribution in [0.5, 0.6) is 0 Å². The summed E-state index contributed by atoms with van der Waals surface area (Å²) in [5.41, 5.74) is 1.15. The van der Waals surface area contributed by atoms with Gasteiger partial charge in [0.25, 0.3) is 0 Å². The first-order valence-electron chi connectivity index (χ1n) is 7.22. The standard InChI is InChI=1S/C14H23N3S/c1-11-10-17(13-4-2-3-5-13)14(15-11)16-12-6-8-18-9-7-12/h10,12-13H,2-9H2,1H3,(H,15,16). The molecule has 1 saturated heterocycles. The summed E-state index contributed by atoms with van der Waals surface area (Å²) in [4.78, 5) is 4.69. The third-order valence-corrected chi connectivity index (χ3v) is 5.17. The number of thioether (sulfide) groups is 1. The van der Waals surface area contributed by atoms with Gasteiger partial charge in [0.2, 0.25) is 5.95 Å². The first kappa shape index (κ1) is 12.4. The van der Waals surface area contributed by atoms with Gasteiger partial charge >= 0.3 is 0 Å². The Bertz CT molecular complexity index is 390. The lowest BCUT2D eigenvalue weighted by Gasteiger charge is -2.24. The minimum atomic E-state index is 0.633. The molecule has 1 aliphatic heterocycles. The molecule has 2 fully saturated rings. The van der Waals surface area contributed by atoms with Gasteiger partial charge in [0.1, 0.15) is 0 Å². The summed E-state index contributed by atoms with van der Waals surface area (Å²) in [6.07, 6.45) is 10.2. The van der Waals surface area contributed by atoms with Gasteiger partial charge in [0.15, 0.2) is 0 Å². The van der Waals surface area contributed by atoms with Crippen molar-refractivity contribution in [1.29, 1.82) is 0 Å². The highest BCUT2D eigenvalue weighted by molar-refractivity contribution is 7.99. The molecule has 1 saturated carbocycles. The van der Waals surface area contributed by atoms with Crippen molar-refractivity contribution in [2.45, 2.75) is 57.5 Å². The highest BCUT2D eigenvalue weighted by atomic mass is 32.2. The van der Waals surface area contributed by atoms with Gasteiger partial charge in [-0.25, -0.2) is 4.98 Å². The average Bonchev–Trinajstić information content (AvgIpc) is 3.00. The van der Waals surface area contributed by atoms with E-state index in [2.05, 4.69) is 34.8 Å². The topological polar surface area (TPSA) is 29.9 Å². The number of aromatic nitrogens is 2. The zero-order chi connectivity index (χ0) is 12.4. The molecular weight excluding hydrogens is 242 g/mol. The van der Waals surface area contributed by atoms with Crippen LogP contribution in [-0.4, -0.2) is 27.1 Å². The van der Waals surface area contributed by atoms with Gasteiger partial charge in [-0.3, -0.25) is 0 Å². The maximum Gasteiger partial charge on any atom is 0.203 e. The van der Waals surface area contributed by atoms with Crippen molar-refractivity contribution in [2.24, 2.45) is 0 Å². The summed E-state index contributed by atoms with van der Waals surface area (Å²) in [7, 11) is 0. The largest absolute Gasteiger partial charge is 0.353 e. The van der Waals surface area contributed by atoms with Gasteiger partial charge in [0, 0.05) is 18.3 Å². The maximum atomic E-state index is 4.69. The number of imidazole rings is 1. The number of hydrogen-bond acceptors (Lipinski definition) is 3. The molecule has 1 aromatic rings. The molecule has 0 spiro atoms. The lowest BCUT2D eigenvalue weighted by molar-refractivity contribution is 0.517. The molecule has 18 heavy (non-hydrogen) atoms. The van der Waals surface area contributed by atoms with Crippen molar-refractivity contribution >= 4 is 17.7 Å². The van der Waals surface area contributed by atoms with Crippen LogP contribution in [0.15, 0.2) is 6.20 Å². The van der Waals surface area contributed by atoms with Gasteiger partial charge in [-0.15, -0.1) is 0 Å². The van der Waals surface area contributed by atoms with Crippen LogP contribution in [0.2, 0.25) is 0 Å². The van der Waals surface area contributed by atoms with E-state index in [4.69, 9.17) is 4.98 Å². The first-order valence-corrected chi connectivity index (χ1v) is 8.38. The Labute approximate surface area is 114 Å². The molecule has 2 aliphatic rings. The van der Waals surface area contributed by atoms with Crippen LogP contribution < -0.4 is 5.32 Å². The molecule has 1 N–H and O–H groups in total. The van der Waals surface area contributed by atoms with Crippen LogP contribution in [0.3, 0.4) is 0 Å². The van der Waals surface area contributed by atoms with E-state index in [0.717, 1.165) is 11.6 Å². The normalized spacial score (nSPS) is 22.5. The van der Waals surface area contributed by atoms with Crippen molar-refractivity contribution in [2.75, 3.05) is 16.8 Å². The molecule has 2 heterocycles.